The lowest BCUT2D eigenvalue weighted by molar-refractivity contribution is -0.384. The van der Waals surface area contributed by atoms with Crippen molar-refractivity contribution in [3.63, 3.8) is 0 Å². The van der Waals surface area contributed by atoms with Gasteiger partial charge in [0.25, 0.3) is 11.6 Å². The van der Waals surface area contributed by atoms with Crippen LogP contribution >= 0.6 is 57.4 Å². The van der Waals surface area contributed by atoms with E-state index >= 15 is 0 Å². The largest absolute Gasteiger partial charge is 0.487 e. The van der Waals surface area contributed by atoms with Crippen molar-refractivity contribution < 1.29 is 14.5 Å². The van der Waals surface area contributed by atoms with Crippen LogP contribution in [0, 0.1) is 17.3 Å². The standard InChI is InChI=1S/C20H17I2N3O4S/c1-2-7-24-19(26)17(23-20(24)30)10-13-8-15(21)18(16(22)9-13)29-11-12-3-5-14(6-4-12)25(27)28/h3-6,8-10H,2,7,11H2,1H3,(H,23,30)/b17-10-. The number of carbonyl (C=O) groups is 1. The summed E-state index contributed by atoms with van der Waals surface area (Å²) in [6, 6.07) is 10.1. The molecule has 2 aromatic rings. The van der Waals surface area contributed by atoms with Crippen LogP contribution in [0.5, 0.6) is 5.75 Å². The molecule has 0 atom stereocenters. The first-order valence-electron chi connectivity index (χ1n) is 9.00. The Balaban J connectivity index is 1.75. The number of rotatable bonds is 7. The van der Waals surface area contributed by atoms with Gasteiger partial charge in [0.05, 0.1) is 12.1 Å². The van der Waals surface area contributed by atoms with Gasteiger partial charge in [0.15, 0.2) is 5.11 Å². The summed E-state index contributed by atoms with van der Waals surface area (Å²) in [7, 11) is 0. The van der Waals surface area contributed by atoms with Gasteiger partial charge in [-0.3, -0.25) is 19.8 Å². The fourth-order valence-electron chi connectivity index (χ4n) is 2.84. The van der Waals surface area contributed by atoms with Gasteiger partial charge in [-0.1, -0.05) is 6.92 Å². The average Bonchev–Trinajstić information content (AvgIpc) is 2.95. The van der Waals surface area contributed by atoms with Gasteiger partial charge in [0, 0.05) is 18.7 Å². The highest BCUT2D eigenvalue weighted by Gasteiger charge is 2.29. The number of hydrogen-bond donors (Lipinski definition) is 1. The molecule has 10 heteroatoms. The fraction of sp³-hybridized carbons (Fsp3) is 0.200. The van der Waals surface area contributed by atoms with E-state index in [2.05, 4.69) is 50.5 Å². The Labute approximate surface area is 206 Å². The van der Waals surface area contributed by atoms with Gasteiger partial charge < -0.3 is 10.1 Å². The molecular weight excluding hydrogens is 632 g/mol. The van der Waals surface area contributed by atoms with E-state index in [9.17, 15) is 14.9 Å². The number of halogens is 2. The minimum atomic E-state index is -0.429. The normalized spacial score (nSPS) is 14.9. The van der Waals surface area contributed by atoms with Crippen molar-refractivity contribution in [2.24, 2.45) is 0 Å². The van der Waals surface area contributed by atoms with Crippen molar-refractivity contribution >= 4 is 80.2 Å². The summed E-state index contributed by atoms with van der Waals surface area (Å²) in [6.07, 6.45) is 2.62. The summed E-state index contributed by atoms with van der Waals surface area (Å²) in [6.45, 7) is 2.88. The molecule has 156 valence electrons. The number of carbonyl (C=O) groups excluding carboxylic acids is 1. The van der Waals surface area contributed by atoms with Gasteiger partial charge in [-0.15, -0.1) is 0 Å². The summed E-state index contributed by atoms with van der Waals surface area (Å²) in [4.78, 5) is 24.4. The van der Waals surface area contributed by atoms with Crippen LogP contribution in [0.25, 0.3) is 6.08 Å². The number of benzene rings is 2. The molecule has 1 N–H and O–H groups in total. The van der Waals surface area contributed by atoms with Crippen LogP contribution in [0.1, 0.15) is 24.5 Å². The molecule has 0 aliphatic carbocycles. The van der Waals surface area contributed by atoms with E-state index in [0.29, 0.717) is 24.0 Å². The number of nitrogens with zero attached hydrogens (tertiary/aromatic N) is 2. The lowest BCUT2D eigenvalue weighted by Crippen LogP contribution is -2.31. The van der Waals surface area contributed by atoms with Crippen molar-refractivity contribution in [2.45, 2.75) is 20.0 Å². The topological polar surface area (TPSA) is 84.7 Å². The van der Waals surface area contributed by atoms with E-state index in [1.54, 1.807) is 23.1 Å². The highest BCUT2D eigenvalue weighted by atomic mass is 127. The van der Waals surface area contributed by atoms with Crippen LogP contribution in [0.3, 0.4) is 0 Å². The lowest BCUT2D eigenvalue weighted by Gasteiger charge is -2.12. The zero-order valence-electron chi connectivity index (χ0n) is 15.9. The molecule has 0 unspecified atom stereocenters. The second-order valence-corrected chi connectivity index (χ2v) is 9.18. The first-order valence-corrected chi connectivity index (χ1v) is 11.6. The van der Waals surface area contributed by atoms with E-state index in [4.69, 9.17) is 17.0 Å². The van der Waals surface area contributed by atoms with E-state index in [0.717, 1.165) is 30.4 Å². The van der Waals surface area contributed by atoms with Crippen LogP contribution in [0.15, 0.2) is 42.1 Å². The molecule has 0 bridgehead atoms. The highest BCUT2D eigenvalue weighted by Crippen LogP contribution is 2.31. The third-order valence-electron chi connectivity index (χ3n) is 4.27. The van der Waals surface area contributed by atoms with Gasteiger partial charge in [-0.25, -0.2) is 0 Å². The summed E-state index contributed by atoms with van der Waals surface area (Å²) in [5, 5.41) is 14.2. The SMILES string of the molecule is CCCN1C(=O)/C(=C/c2cc(I)c(OCc3ccc([N+](=O)[O-])cc3)c(I)c2)NC1=S. The zero-order valence-corrected chi connectivity index (χ0v) is 21.0. The smallest absolute Gasteiger partial charge is 0.276 e. The van der Waals surface area contributed by atoms with Gasteiger partial charge in [-0.2, -0.15) is 0 Å². The maximum absolute atomic E-state index is 12.5. The molecule has 1 aliphatic rings. The monoisotopic (exact) mass is 649 g/mol. The summed E-state index contributed by atoms with van der Waals surface area (Å²) < 4.78 is 7.74. The van der Waals surface area contributed by atoms with Gasteiger partial charge in [-0.05, 0) is 105 Å². The Morgan fingerprint density at radius 2 is 1.87 bits per heavy atom. The summed E-state index contributed by atoms with van der Waals surface area (Å²) in [5.74, 6) is 0.607. The number of nitrogens with one attached hydrogen (secondary N) is 1. The Morgan fingerprint density at radius 3 is 2.43 bits per heavy atom. The molecule has 1 saturated heterocycles. The predicted molar refractivity (Wildman–Crippen MR) is 135 cm³/mol. The molecular formula is C20H17I2N3O4S. The molecule has 0 aromatic heterocycles. The second-order valence-electron chi connectivity index (χ2n) is 6.47. The van der Waals surface area contributed by atoms with E-state index in [-0.39, 0.29) is 11.6 Å². The minimum absolute atomic E-state index is 0.0485. The fourth-order valence-corrected chi connectivity index (χ4v) is 5.25. The quantitative estimate of drug-likeness (QED) is 0.152. The molecule has 30 heavy (non-hydrogen) atoms. The highest BCUT2D eigenvalue weighted by molar-refractivity contribution is 14.1. The number of nitro benzene ring substituents is 1. The first-order chi connectivity index (χ1) is 14.3. The minimum Gasteiger partial charge on any atom is -0.487 e. The van der Waals surface area contributed by atoms with Crippen LogP contribution < -0.4 is 10.1 Å². The maximum atomic E-state index is 12.5. The molecule has 3 rings (SSSR count). The van der Waals surface area contributed by atoms with Gasteiger partial charge in [0.1, 0.15) is 18.1 Å². The number of ether oxygens (including phenoxy) is 1. The first kappa shape index (κ1) is 22.9. The van der Waals surface area contributed by atoms with E-state index < -0.39 is 4.92 Å². The molecule has 0 spiro atoms. The number of nitro groups is 1. The Kier molecular flexibility index (Phi) is 7.63. The van der Waals surface area contributed by atoms with Crippen LogP contribution in [-0.2, 0) is 11.4 Å². The lowest BCUT2D eigenvalue weighted by atomic mass is 10.2. The summed E-state index contributed by atoms with van der Waals surface area (Å²) >= 11 is 9.63. The number of thiocarbonyl (C=S) groups is 1. The Bertz CT molecular complexity index is 1020. The molecule has 0 radical (unpaired) electrons. The van der Waals surface area contributed by atoms with Crippen molar-refractivity contribution in [3.8, 4) is 5.75 Å². The summed E-state index contributed by atoms with van der Waals surface area (Å²) in [5.41, 5.74) is 2.21. The third-order valence-corrected chi connectivity index (χ3v) is 6.20. The average molecular weight is 649 g/mol. The van der Waals surface area contributed by atoms with Crippen LogP contribution in [-0.4, -0.2) is 27.4 Å². The second kappa shape index (κ2) is 10.0. The molecule has 1 aliphatic heterocycles. The van der Waals surface area contributed by atoms with Crippen LogP contribution in [0.4, 0.5) is 5.69 Å². The van der Waals surface area contributed by atoms with Crippen LogP contribution in [0.2, 0.25) is 0 Å². The van der Waals surface area contributed by atoms with Gasteiger partial charge in [0.2, 0.25) is 0 Å². The molecule has 1 heterocycles. The zero-order chi connectivity index (χ0) is 21.8. The van der Waals surface area contributed by atoms with E-state index in [1.165, 1.54) is 12.1 Å². The molecule has 1 amide bonds. The Morgan fingerprint density at radius 1 is 1.23 bits per heavy atom. The van der Waals surface area contributed by atoms with E-state index in [1.807, 2.05) is 19.1 Å². The molecule has 2 aromatic carbocycles. The molecule has 7 nitrogen and oxygen atoms in total. The third kappa shape index (κ3) is 5.27. The molecule has 0 saturated carbocycles. The van der Waals surface area contributed by atoms with Crippen molar-refractivity contribution in [1.82, 2.24) is 10.2 Å². The van der Waals surface area contributed by atoms with Crippen molar-refractivity contribution in [3.05, 3.63) is 70.5 Å². The maximum Gasteiger partial charge on any atom is 0.276 e. The number of amides is 1. The van der Waals surface area contributed by atoms with Crippen molar-refractivity contribution in [1.29, 1.82) is 0 Å². The van der Waals surface area contributed by atoms with Gasteiger partial charge >= 0.3 is 0 Å². The Hall–Kier alpha value is -1.80. The number of hydrogen-bond acceptors (Lipinski definition) is 5. The van der Waals surface area contributed by atoms with Crippen molar-refractivity contribution in [2.75, 3.05) is 6.54 Å². The molecule has 1 fully saturated rings. The predicted octanol–water partition coefficient (Wildman–Crippen LogP) is 4.85. The number of non-ortho nitro benzene ring substituents is 1.